The Bertz CT molecular complexity index is 457. The third-order valence-electron chi connectivity index (χ3n) is 3.36. The Morgan fingerprint density at radius 3 is 2.70 bits per heavy atom. The predicted octanol–water partition coefficient (Wildman–Crippen LogP) is -1.81. The minimum Gasteiger partial charge on any atom is -1.00 e. The number of hydrogen-bond donors (Lipinski definition) is 1. The van der Waals surface area contributed by atoms with Crippen molar-refractivity contribution in [3.63, 3.8) is 0 Å². The first-order valence-corrected chi connectivity index (χ1v) is 6.74. The molecule has 0 radical (unpaired) electrons. The minimum atomic E-state index is 0. The highest BCUT2D eigenvalue weighted by Gasteiger charge is 2.19. The third kappa shape index (κ3) is 4.81. The van der Waals surface area contributed by atoms with Crippen molar-refractivity contribution < 1.29 is 27.0 Å². The van der Waals surface area contributed by atoms with Gasteiger partial charge in [0.15, 0.2) is 12.4 Å². The number of carbonyl (C=O) groups is 1. The van der Waals surface area contributed by atoms with E-state index in [1.165, 1.54) is 19.1 Å². The maximum Gasteiger partial charge on any atom is 0.288 e. The smallest absolute Gasteiger partial charge is 0.288 e. The molecule has 0 aliphatic carbocycles. The zero-order valence-corrected chi connectivity index (χ0v) is 12.2. The molecule has 1 aromatic rings. The van der Waals surface area contributed by atoms with Crippen LogP contribution in [0.1, 0.15) is 31.2 Å². The van der Waals surface area contributed by atoms with E-state index < -0.39 is 0 Å². The summed E-state index contributed by atoms with van der Waals surface area (Å²) in [5.74, 6) is 0.157. The Kier molecular flexibility index (Phi) is 7.01. The lowest BCUT2D eigenvalue weighted by atomic mass is 10.2. The van der Waals surface area contributed by atoms with Crippen LogP contribution in [0.5, 0.6) is 0 Å². The number of aromatic nitrogens is 1. The summed E-state index contributed by atoms with van der Waals surface area (Å²) in [6.07, 6.45) is 9.66. The molecule has 5 nitrogen and oxygen atoms in total. The van der Waals surface area contributed by atoms with Gasteiger partial charge in [-0.15, -0.1) is 0 Å². The lowest BCUT2D eigenvalue weighted by Crippen LogP contribution is -3.00. The summed E-state index contributed by atoms with van der Waals surface area (Å²) in [7, 11) is 0. The van der Waals surface area contributed by atoms with Crippen molar-refractivity contribution in [2.45, 2.75) is 32.2 Å². The molecule has 1 saturated heterocycles. The van der Waals surface area contributed by atoms with Gasteiger partial charge in [0, 0.05) is 19.2 Å². The Labute approximate surface area is 125 Å². The van der Waals surface area contributed by atoms with Crippen LogP contribution in [0, 0.1) is 0 Å². The molecule has 1 aliphatic rings. The number of halogens is 1. The Morgan fingerprint density at radius 1 is 1.35 bits per heavy atom. The van der Waals surface area contributed by atoms with E-state index in [4.69, 9.17) is 5.21 Å². The Balaban J connectivity index is 0.00000200. The lowest BCUT2D eigenvalue weighted by molar-refractivity contribution is -0.685. The van der Waals surface area contributed by atoms with Crippen LogP contribution in [0.25, 0.3) is 0 Å². The largest absolute Gasteiger partial charge is 1.00 e. The first kappa shape index (κ1) is 16.4. The number of rotatable bonds is 3. The highest BCUT2D eigenvalue weighted by atomic mass is 35.5. The molecular formula is C14H20ClN3O2. The molecule has 1 aliphatic heterocycles. The molecule has 0 unspecified atom stereocenters. The van der Waals surface area contributed by atoms with Crippen LogP contribution in [-0.2, 0) is 11.3 Å². The van der Waals surface area contributed by atoms with Crippen LogP contribution in [0.4, 0.5) is 0 Å². The van der Waals surface area contributed by atoms with Crippen LogP contribution in [0.2, 0.25) is 0 Å². The summed E-state index contributed by atoms with van der Waals surface area (Å²) in [5.41, 5.74) is 0.772. The number of carbonyl (C=O) groups excluding carboxylic acids is 1. The molecule has 0 atom stereocenters. The third-order valence-corrected chi connectivity index (χ3v) is 3.36. The standard InChI is InChI=1S/C14H19N3O2.ClH/c18-14(17-8-3-1-2-4-9-17)12-16-7-5-6-13(11-16)10-15-19;/h5-7,10-11H,1-4,8-9,12H2;1H. The number of hydrogen-bond acceptors (Lipinski definition) is 3. The summed E-state index contributed by atoms with van der Waals surface area (Å²) >= 11 is 0. The van der Waals surface area contributed by atoms with Crippen molar-refractivity contribution in [3.8, 4) is 0 Å². The summed E-state index contributed by atoms with van der Waals surface area (Å²) in [6.45, 7) is 2.08. The Hall–Kier alpha value is -1.62. The minimum absolute atomic E-state index is 0. The van der Waals surface area contributed by atoms with Gasteiger partial charge in [0.2, 0.25) is 6.54 Å². The molecule has 0 bridgehead atoms. The van der Waals surface area contributed by atoms with Crippen LogP contribution < -0.4 is 17.0 Å². The number of oxime groups is 1. The molecule has 0 saturated carbocycles. The highest BCUT2D eigenvalue weighted by molar-refractivity contribution is 5.78. The van der Waals surface area contributed by atoms with Crippen molar-refractivity contribution in [1.82, 2.24) is 4.90 Å². The highest BCUT2D eigenvalue weighted by Crippen LogP contribution is 2.09. The molecule has 0 aromatic carbocycles. The molecular weight excluding hydrogens is 278 g/mol. The topological polar surface area (TPSA) is 56.8 Å². The molecule has 1 fully saturated rings. The molecule has 110 valence electrons. The zero-order chi connectivity index (χ0) is 13.5. The summed E-state index contributed by atoms with van der Waals surface area (Å²) in [5, 5.41) is 11.5. The van der Waals surface area contributed by atoms with Gasteiger partial charge >= 0.3 is 0 Å². The fraction of sp³-hybridized carbons (Fsp3) is 0.500. The van der Waals surface area contributed by atoms with Gasteiger partial charge < -0.3 is 22.5 Å². The number of nitrogens with zero attached hydrogens (tertiary/aromatic N) is 3. The predicted molar refractivity (Wildman–Crippen MR) is 71.1 cm³/mol. The number of pyridine rings is 1. The van der Waals surface area contributed by atoms with Crippen molar-refractivity contribution in [3.05, 3.63) is 30.1 Å². The van der Waals surface area contributed by atoms with E-state index in [2.05, 4.69) is 5.16 Å². The normalized spacial score (nSPS) is 15.7. The van der Waals surface area contributed by atoms with Crippen molar-refractivity contribution in [2.75, 3.05) is 13.1 Å². The molecule has 20 heavy (non-hydrogen) atoms. The van der Waals surface area contributed by atoms with Crippen LogP contribution in [0.15, 0.2) is 29.7 Å². The van der Waals surface area contributed by atoms with E-state index in [-0.39, 0.29) is 18.3 Å². The number of likely N-dealkylation sites (tertiary alicyclic amines) is 1. The van der Waals surface area contributed by atoms with Gasteiger partial charge in [-0.2, -0.15) is 4.57 Å². The maximum atomic E-state index is 12.2. The van der Waals surface area contributed by atoms with E-state index >= 15 is 0 Å². The lowest BCUT2D eigenvalue weighted by Gasteiger charge is -2.18. The van der Waals surface area contributed by atoms with Crippen LogP contribution in [-0.4, -0.2) is 35.3 Å². The summed E-state index contributed by atoms with van der Waals surface area (Å²) in [6, 6.07) is 3.67. The van der Waals surface area contributed by atoms with Crippen molar-refractivity contribution in [1.29, 1.82) is 0 Å². The molecule has 2 heterocycles. The van der Waals surface area contributed by atoms with Crippen LogP contribution in [0.3, 0.4) is 0 Å². The second kappa shape index (κ2) is 8.53. The zero-order valence-electron chi connectivity index (χ0n) is 11.4. The first-order valence-electron chi connectivity index (χ1n) is 6.74. The van der Waals surface area contributed by atoms with E-state index in [1.807, 2.05) is 27.8 Å². The van der Waals surface area contributed by atoms with Gasteiger partial charge in [0.25, 0.3) is 5.91 Å². The number of amides is 1. The molecule has 6 heteroatoms. The molecule has 1 N–H and O–H groups in total. The molecule has 2 rings (SSSR count). The van der Waals surface area contributed by atoms with E-state index in [0.717, 1.165) is 31.5 Å². The second-order valence-corrected chi connectivity index (χ2v) is 4.85. The van der Waals surface area contributed by atoms with Gasteiger partial charge in [0.1, 0.15) is 0 Å². The van der Waals surface area contributed by atoms with E-state index in [0.29, 0.717) is 6.54 Å². The van der Waals surface area contributed by atoms with Gasteiger partial charge in [-0.3, -0.25) is 4.79 Å². The molecule has 1 amide bonds. The quantitative estimate of drug-likeness (QED) is 0.309. The van der Waals surface area contributed by atoms with Crippen LogP contribution >= 0.6 is 0 Å². The average molecular weight is 298 g/mol. The van der Waals surface area contributed by atoms with E-state index in [9.17, 15) is 4.79 Å². The SMILES string of the molecule is O=C(C[n+]1cccc(C=NO)c1)N1CCCCCC1.[Cl-]. The Morgan fingerprint density at radius 2 is 2.05 bits per heavy atom. The molecule has 0 spiro atoms. The first-order chi connectivity index (χ1) is 9.29. The van der Waals surface area contributed by atoms with Gasteiger partial charge in [0.05, 0.1) is 11.8 Å². The van der Waals surface area contributed by atoms with Gasteiger partial charge in [-0.25, -0.2) is 0 Å². The van der Waals surface area contributed by atoms with Gasteiger partial charge in [-0.05, 0) is 18.9 Å². The molecule has 1 aromatic heterocycles. The van der Waals surface area contributed by atoms with Crippen molar-refractivity contribution in [2.24, 2.45) is 5.16 Å². The average Bonchev–Trinajstić information content (AvgIpc) is 2.68. The fourth-order valence-corrected chi connectivity index (χ4v) is 2.36. The second-order valence-electron chi connectivity index (χ2n) is 4.85. The summed E-state index contributed by atoms with van der Waals surface area (Å²) < 4.78 is 1.82. The van der Waals surface area contributed by atoms with E-state index in [1.54, 1.807) is 6.20 Å². The monoisotopic (exact) mass is 297 g/mol. The summed E-state index contributed by atoms with van der Waals surface area (Å²) in [4.78, 5) is 14.2. The fourth-order valence-electron chi connectivity index (χ4n) is 2.36. The van der Waals surface area contributed by atoms with Crippen molar-refractivity contribution >= 4 is 12.1 Å². The van der Waals surface area contributed by atoms with Gasteiger partial charge in [-0.1, -0.05) is 18.0 Å². The maximum absolute atomic E-state index is 12.2.